The van der Waals surface area contributed by atoms with Crippen LogP contribution in [0.3, 0.4) is 0 Å². The highest BCUT2D eigenvalue weighted by atomic mass is 16.3. The Balaban J connectivity index is 2.23. The second kappa shape index (κ2) is 6.80. The zero-order valence-corrected chi connectivity index (χ0v) is 10.5. The molecular formula is C12H18N2O4. The SMILES string of the molecule is CC(C)C(O)CNC(=O)CNC(=O)c1ccco1. The molecule has 0 fully saturated rings. The predicted molar refractivity (Wildman–Crippen MR) is 64.9 cm³/mol. The summed E-state index contributed by atoms with van der Waals surface area (Å²) in [5.41, 5.74) is 0. The number of rotatable bonds is 6. The molecule has 0 saturated carbocycles. The average Bonchev–Trinajstić information content (AvgIpc) is 2.86. The fourth-order valence-electron chi connectivity index (χ4n) is 1.17. The summed E-state index contributed by atoms with van der Waals surface area (Å²) in [7, 11) is 0. The molecule has 6 nitrogen and oxygen atoms in total. The standard InChI is InChI=1S/C12H18N2O4/c1-8(2)9(15)6-13-11(16)7-14-12(17)10-4-3-5-18-10/h3-5,8-9,15H,6-7H2,1-2H3,(H,13,16)(H,14,17). The van der Waals surface area contributed by atoms with Gasteiger partial charge in [0, 0.05) is 6.54 Å². The largest absolute Gasteiger partial charge is 0.459 e. The van der Waals surface area contributed by atoms with Crippen molar-refractivity contribution in [2.75, 3.05) is 13.1 Å². The van der Waals surface area contributed by atoms with E-state index >= 15 is 0 Å². The Morgan fingerprint density at radius 1 is 1.39 bits per heavy atom. The van der Waals surface area contributed by atoms with Crippen LogP contribution in [0.15, 0.2) is 22.8 Å². The third kappa shape index (κ3) is 4.58. The quantitative estimate of drug-likeness (QED) is 0.673. The van der Waals surface area contributed by atoms with Crippen molar-refractivity contribution in [1.29, 1.82) is 0 Å². The first-order valence-corrected chi connectivity index (χ1v) is 5.77. The molecule has 3 N–H and O–H groups in total. The molecule has 1 unspecified atom stereocenters. The minimum atomic E-state index is -0.588. The lowest BCUT2D eigenvalue weighted by molar-refractivity contribution is -0.120. The molecule has 0 aliphatic rings. The average molecular weight is 254 g/mol. The van der Waals surface area contributed by atoms with E-state index < -0.39 is 12.0 Å². The van der Waals surface area contributed by atoms with Gasteiger partial charge in [-0.2, -0.15) is 0 Å². The molecule has 0 aliphatic heterocycles. The maximum atomic E-state index is 11.4. The van der Waals surface area contributed by atoms with Crippen molar-refractivity contribution in [3.05, 3.63) is 24.2 Å². The van der Waals surface area contributed by atoms with Crippen molar-refractivity contribution in [1.82, 2.24) is 10.6 Å². The van der Waals surface area contributed by atoms with Gasteiger partial charge < -0.3 is 20.2 Å². The van der Waals surface area contributed by atoms with Gasteiger partial charge in [0.25, 0.3) is 5.91 Å². The summed E-state index contributed by atoms with van der Waals surface area (Å²) in [6.45, 7) is 3.74. The van der Waals surface area contributed by atoms with Gasteiger partial charge in [-0.15, -0.1) is 0 Å². The Morgan fingerprint density at radius 3 is 2.67 bits per heavy atom. The van der Waals surface area contributed by atoms with Gasteiger partial charge >= 0.3 is 0 Å². The number of furan rings is 1. The Kier molecular flexibility index (Phi) is 5.38. The summed E-state index contributed by atoms with van der Waals surface area (Å²) in [5.74, 6) is -0.567. The summed E-state index contributed by atoms with van der Waals surface area (Å²) in [5, 5.41) is 14.4. The predicted octanol–water partition coefficient (Wildman–Crippen LogP) is 0.143. The van der Waals surface area contributed by atoms with Crippen molar-refractivity contribution in [3.63, 3.8) is 0 Å². The molecule has 0 aromatic carbocycles. The van der Waals surface area contributed by atoms with Gasteiger partial charge in [0.05, 0.1) is 18.9 Å². The lowest BCUT2D eigenvalue weighted by atomic mass is 10.1. The monoisotopic (exact) mass is 254 g/mol. The van der Waals surface area contributed by atoms with Crippen LogP contribution in [0, 0.1) is 5.92 Å². The minimum absolute atomic E-state index is 0.0722. The Labute approximate surface area is 105 Å². The van der Waals surface area contributed by atoms with Crippen molar-refractivity contribution in [2.45, 2.75) is 20.0 Å². The highest BCUT2D eigenvalue weighted by Gasteiger charge is 2.12. The van der Waals surface area contributed by atoms with Crippen molar-refractivity contribution < 1.29 is 19.1 Å². The summed E-state index contributed by atoms with van der Waals surface area (Å²) in [6, 6.07) is 3.10. The molecule has 1 aromatic rings. The van der Waals surface area contributed by atoms with Crippen LogP contribution in [-0.2, 0) is 4.79 Å². The van der Waals surface area contributed by atoms with Crippen LogP contribution >= 0.6 is 0 Å². The second-order valence-electron chi connectivity index (χ2n) is 4.28. The van der Waals surface area contributed by atoms with E-state index in [0.717, 1.165) is 0 Å². The van der Waals surface area contributed by atoms with Crippen LogP contribution < -0.4 is 10.6 Å². The smallest absolute Gasteiger partial charge is 0.287 e. The first-order valence-electron chi connectivity index (χ1n) is 5.77. The Bertz CT molecular complexity index is 387. The molecule has 1 rings (SSSR count). The van der Waals surface area contributed by atoms with Crippen LogP contribution in [0.1, 0.15) is 24.4 Å². The summed E-state index contributed by atoms with van der Waals surface area (Å²) >= 11 is 0. The number of carbonyl (C=O) groups excluding carboxylic acids is 2. The number of aliphatic hydroxyl groups excluding tert-OH is 1. The topological polar surface area (TPSA) is 91.6 Å². The fourth-order valence-corrected chi connectivity index (χ4v) is 1.17. The molecule has 0 spiro atoms. The van der Waals surface area contributed by atoms with Crippen LogP contribution in [0.2, 0.25) is 0 Å². The van der Waals surface area contributed by atoms with Crippen LogP contribution in [0.4, 0.5) is 0 Å². The van der Waals surface area contributed by atoms with E-state index in [2.05, 4.69) is 10.6 Å². The van der Waals surface area contributed by atoms with Gasteiger partial charge in [-0.05, 0) is 18.1 Å². The Morgan fingerprint density at radius 2 is 2.11 bits per heavy atom. The summed E-state index contributed by atoms with van der Waals surface area (Å²) < 4.78 is 4.87. The number of amides is 2. The van der Waals surface area contributed by atoms with E-state index in [-0.39, 0.29) is 30.7 Å². The second-order valence-corrected chi connectivity index (χ2v) is 4.28. The van der Waals surface area contributed by atoms with Gasteiger partial charge in [-0.25, -0.2) is 0 Å². The number of hydrogen-bond donors (Lipinski definition) is 3. The third-order valence-corrected chi connectivity index (χ3v) is 2.43. The summed E-state index contributed by atoms with van der Waals surface area (Å²) in [6.07, 6.45) is 0.795. The van der Waals surface area contributed by atoms with Gasteiger partial charge in [-0.3, -0.25) is 9.59 Å². The molecule has 6 heteroatoms. The van der Waals surface area contributed by atoms with E-state index in [1.807, 2.05) is 13.8 Å². The van der Waals surface area contributed by atoms with E-state index in [1.165, 1.54) is 12.3 Å². The van der Waals surface area contributed by atoms with Crippen molar-refractivity contribution >= 4 is 11.8 Å². The van der Waals surface area contributed by atoms with Crippen LogP contribution in [-0.4, -0.2) is 36.1 Å². The molecule has 2 amide bonds. The van der Waals surface area contributed by atoms with Gasteiger partial charge in [0.1, 0.15) is 0 Å². The summed E-state index contributed by atoms with van der Waals surface area (Å²) in [4.78, 5) is 22.8. The fraction of sp³-hybridized carbons (Fsp3) is 0.500. The highest BCUT2D eigenvalue weighted by Crippen LogP contribution is 1.99. The van der Waals surface area contributed by atoms with E-state index in [0.29, 0.717) is 0 Å². The van der Waals surface area contributed by atoms with E-state index in [9.17, 15) is 14.7 Å². The normalized spacial score (nSPS) is 12.2. The van der Waals surface area contributed by atoms with Crippen LogP contribution in [0.25, 0.3) is 0 Å². The molecule has 0 saturated heterocycles. The molecule has 1 atom stereocenters. The lowest BCUT2D eigenvalue weighted by Gasteiger charge is -2.15. The number of nitrogens with one attached hydrogen (secondary N) is 2. The zero-order chi connectivity index (χ0) is 13.5. The maximum Gasteiger partial charge on any atom is 0.287 e. The number of aliphatic hydroxyl groups is 1. The lowest BCUT2D eigenvalue weighted by Crippen LogP contribution is -2.41. The molecule has 1 heterocycles. The minimum Gasteiger partial charge on any atom is -0.459 e. The van der Waals surface area contributed by atoms with E-state index in [4.69, 9.17) is 4.42 Å². The van der Waals surface area contributed by atoms with E-state index in [1.54, 1.807) is 6.07 Å². The molecule has 0 aliphatic carbocycles. The Hall–Kier alpha value is -1.82. The molecule has 0 bridgehead atoms. The van der Waals surface area contributed by atoms with Crippen LogP contribution in [0.5, 0.6) is 0 Å². The molecule has 18 heavy (non-hydrogen) atoms. The first kappa shape index (κ1) is 14.2. The van der Waals surface area contributed by atoms with Gasteiger partial charge in [-0.1, -0.05) is 13.8 Å². The van der Waals surface area contributed by atoms with Gasteiger partial charge in [0.15, 0.2) is 5.76 Å². The molecular weight excluding hydrogens is 236 g/mol. The molecule has 0 radical (unpaired) electrons. The maximum absolute atomic E-state index is 11.4. The highest BCUT2D eigenvalue weighted by molar-refractivity contribution is 5.94. The van der Waals surface area contributed by atoms with Crippen molar-refractivity contribution in [3.8, 4) is 0 Å². The molecule has 100 valence electrons. The van der Waals surface area contributed by atoms with Crippen molar-refractivity contribution in [2.24, 2.45) is 5.92 Å². The zero-order valence-electron chi connectivity index (χ0n) is 10.5. The first-order chi connectivity index (χ1) is 8.50. The molecule has 1 aromatic heterocycles. The van der Waals surface area contributed by atoms with Gasteiger partial charge in [0.2, 0.25) is 5.91 Å². The number of carbonyl (C=O) groups is 2. The third-order valence-electron chi connectivity index (χ3n) is 2.43. The number of hydrogen-bond acceptors (Lipinski definition) is 4.